The Morgan fingerprint density at radius 2 is 1.94 bits per heavy atom. The van der Waals surface area contributed by atoms with Crippen LogP contribution < -0.4 is 5.73 Å². The number of pyridine rings is 1. The summed E-state index contributed by atoms with van der Waals surface area (Å²) in [6.07, 6.45) is 0. The summed E-state index contributed by atoms with van der Waals surface area (Å²) in [6.45, 7) is 2.47. The average molecular weight is 299 g/mol. The summed E-state index contributed by atoms with van der Waals surface area (Å²) >= 11 is 13.4. The lowest BCUT2D eigenvalue weighted by atomic mass is 10.2. The first-order valence-electron chi connectivity index (χ1n) is 5.39. The zero-order chi connectivity index (χ0) is 13.1. The largest absolute Gasteiger partial charge is 0.326 e. The van der Waals surface area contributed by atoms with E-state index in [-0.39, 0.29) is 0 Å². The molecule has 0 unspecified atom stereocenters. The number of rotatable bonds is 3. The maximum atomic E-state index is 5.98. The fraction of sp³-hybridized carbons (Fsp3) is 0.154. The monoisotopic (exact) mass is 298 g/mol. The summed E-state index contributed by atoms with van der Waals surface area (Å²) in [5.74, 6) is 0. The van der Waals surface area contributed by atoms with Crippen molar-refractivity contribution >= 4 is 35.0 Å². The molecular formula is C13H12Cl2N2S. The Kier molecular flexibility index (Phi) is 4.51. The number of halogens is 2. The standard InChI is InChI=1S/C13H12Cl2N2S/c1-8-4-9(7-16)5-13(17-8)18-10-2-3-11(14)12(15)6-10/h2-6H,7,16H2,1H3. The summed E-state index contributed by atoms with van der Waals surface area (Å²) in [6, 6.07) is 9.51. The van der Waals surface area contributed by atoms with Crippen LogP contribution in [0.1, 0.15) is 11.3 Å². The minimum atomic E-state index is 0.512. The van der Waals surface area contributed by atoms with E-state index in [1.54, 1.807) is 17.8 Å². The highest BCUT2D eigenvalue weighted by Crippen LogP contribution is 2.32. The SMILES string of the molecule is Cc1cc(CN)cc(Sc2ccc(Cl)c(Cl)c2)n1. The Bertz CT molecular complexity index is 573. The van der Waals surface area contributed by atoms with Crippen molar-refractivity contribution in [3.8, 4) is 0 Å². The Hall–Kier alpha value is -0.740. The Morgan fingerprint density at radius 3 is 2.61 bits per heavy atom. The quantitative estimate of drug-likeness (QED) is 0.918. The molecule has 0 aliphatic rings. The molecule has 1 heterocycles. The first-order valence-corrected chi connectivity index (χ1v) is 6.96. The predicted molar refractivity (Wildman–Crippen MR) is 77.5 cm³/mol. The summed E-state index contributed by atoms with van der Waals surface area (Å²) in [4.78, 5) is 5.47. The second-order valence-corrected chi connectivity index (χ2v) is 5.75. The van der Waals surface area contributed by atoms with E-state index in [0.717, 1.165) is 21.2 Å². The van der Waals surface area contributed by atoms with E-state index >= 15 is 0 Å². The summed E-state index contributed by atoms with van der Waals surface area (Å²) < 4.78 is 0. The second kappa shape index (κ2) is 5.93. The average Bonchev–Trinajstić information content (AvgIpc) is 2.33. The van der Waals surface area contributed by atoms with Crippen LogP contribution in [0.2, 0.25) is 10.0 Å². The van der Waals surface area contributed by atoms with Crippen molar-refractivity contribution in [1.29, 1.82) is 0 Å². The van der Waals surface area contributed by atoms with Crippen LogP contribution in [0.25, 0.3) is 0 Å². The van der Waals surface area contributed by atoms with Gasteiger partial charge in [-0.15, -0.1) is 0 Å². The van der Waals surface area contributed by atoms with Crippen molar-refractivity contribution in [2.75, 3.05) is 0 Å². The van der Waals surface area contributed by atoms with Gasteiger partial charge < -0.3 is 5.73 Å². The number of aromatic nitrogens is 1. The van der Waals surface area contributed by atoms with E-state index in [4.69, 9.17) is 28.9 Å². The van der Waals surface area contributed by atoms with Gasteiger partial charge in [-0.3, -0.25) is 0 Å². The molecule has 18 heavy (non-hydrogen) atoms. The van der Waals surface area contributed by atoms with E-state index in [1.807, 2.05) is 31.2 Å². The first kappa shape index (κ1) is 13.7. The van der Waals surface area contributed by atoms with E-state index in [1.165, 1.54) is 0 Å². The third-order valence-electron chi connectivity index (χ3n) is 2.34. The van der Waals surface area contributed by atoms with Gasteiger partial charge >= 0.3 is 0 Å². The van der Waals surface area contributed by atoms with E-state index in [9.17, 15) is 0 Å². The highest BCUT2D eigenvalue weighted by Gasteiger charge is 2.04. The number of nitrogens with two attached hydrogens (primary N) is 1. The summed E-state index contributed by atoms with van der Waals surface area (Å²) in [7, 11) is 0. The molecule has 0 atom stereocenters. The van der Waals surface area contributed by atoms with Crippen molar-refractivity contribution in [1.82, 2.24) is 4.98 Å². The predicted octanol–water partition coefficient (Wildman–Crippen LogP) is 4.31. The molecule has 0 saturated carbocycles. The van der Waals surface area contributed by atoms with Crippen LogP contribution in [0.4, 0.5) is 0 Å². The molecule has 0 saturated heterocycles. The molecule has 0 fully saturated rings. The smallest absolute Gasteiger partial charge is 0.101 e. The van der Waals surface area contributed by atoms with Gasteiger partial charge in [-0.2, -0.15) is 0 Å². The lowest BCUT2D eigenvalue weighted by Gasteiger charge is -2.06. The van der Waals surface area contributed by atoms with Crippen LogP contribution in [0.3, 0.4) is 0 Å². The lowest BCUT2D eigenvalue weighted by molar-refractivity contribution is 0.987. The van der Waals surface area contributed by atoms with Gasteiger partial charge in [-0.05, 0) is 42.8 Å². The van der Waals surface area contributed by atoms with Gasteiger partial charge in [0, 0.05) is 17.1 Å². The molecule has 0 aliphatic heterocycles. The van der Waals surface area contributed by atoms with Crippen molar-refractivity contribution < 1.29 is 0 Å². The molecule has 0 bridgehead atoms. The summed E-state index contributed by atoms with van der Waals surface area (Å²) in [5.41, 5.74) is 7.68. The van der Waals surface area contributed by atoms with Gasteiger partial charge in [0.2, 0.25) is 0 Å². The highest BCUT2D eigenvalue weighted by molar-refractivity contribution is 7.99. The molecule has 2 N–H and O–H groups in total. The van der Waals surface area contributed by atoms with Crippen LogP contribution >= 0.6 is 35.0 Å². The number of nitrogens with zero attached hydrogens (tertiary/aromatic N) is 1. The van der Waals surface area contributed by atoms with Crippen molar-refractivity contribution in [3.63, 3.8) is 0 Å². The minimum Gasteiger partial charge on any atom is -0.326 e. The third-order valence-corrected chi connectivity index (χ3v) is 3.99. The van der Waals surface area contributed by atoms with Crippen LogP contribution in [0.15, 0.2) is 40.3 Å². The molecule has 0 aliphatic carbocycles. The zero-order valence-electron chi connectivity index (χ0n) is 9.78. The van der Waals surface area contributed by atoms with Crippen molar-refractivity contribution in [2.45, 2.75) is 23.4 Å². The fourth-order valence-corrected chi connectivity index (χ4v) is 2.86. The Labute approximate surface area is 121 Å². The summed E-state index contributed by atoms with van der Waals surface area (Å²) in [5, 5.41) is 2.02. The van der Waals surface area contributed by atoms with Gasteiger partial charge in [0.1, 0.15) is 5.03 Å². The number of hydrogen-bond donors (Lipinski definition) is 1. The Morgan fingerprint density at radius 1 is 1.17 bits per heavy atom. The van der Waals surface area contributed by atoms with Crippen molar-refractivity contribution in [2.24, 2.45) is 5.73 Å². The third kappa shape index (κ3) is 3.39. The Balaban J connectivity index is 2.27. The lowest BCUT2D eigenvalue weighted by Crippen LogP contribution is -1.98. The number of benzene rings is 1. The molecule has 0 spiro atoms. The van der Waals surface area contributed by atoms with Gasteiger partial charge in [0.05, 0.1) is 10.0 Å². The molecule has 1 aromatic heterocycles. The normalized spacial score (nSPS) is 10.7. The highest BCUT2D eigenvalue weighted by atomic mass is 35.5. The first-order chi connectivity index (χ1) is 8.58. The zero-order valence-corrected chi connectivity index (χ0v) is 12.1. The van der Waals surface area contributed by atoms with E-state index in [0.29, 0.717) is 16.6 Å². The van der Waals surface area contributed by atoms with Gasteiger partial charge in [-0.1, -0.05) is 35.0 Å². The number of aryl methyl sites for hydroxylation is 1. The van der Waals surface area contributed by atoms with Crippen molar-refractivity contribution in [3.05, 3.63) is 51.6 Å². The molecule has 2 aromatic rings. The molecule has 1 aromatic carbocycles. The topological polar surface area (TPSA) is 38.9 Å². The van der Waals surface area contributed by atoms with Crippen LogP contribution in [0.5, 0.6) is 0 Å². The van der Waals surface area contributed by atoms with E-state index in [2.05, 4.69) is 4.98 Å². The molecule has 0 amide bonds. The van der Waals surface area contributed by atoms with Gasteiger partial charge in [0.15, 0.2) is 0 Å². The van der Waals surface area contributed by atoms with Gasteiger partial charge in [0.25, 0.3) is 0 Å². The van der Waals surface area contributed by atoms with Crippen LogP contribution in [-0.4, -0.2) is 4.98 Å². The molecule has 94 valence electrons. The fourth-order valence-electron chi connectivity index (χ4n) is 1.54. The molecule has 2 rings (SSSR count). The van der Waals surface area contributed by atoms with Crippen LogP contribution in [-0.2, 0) is 6.54 Å². The molecular weight excluding hydrogens is 287 g/mol. The minimum absolute atomic E-state index is 0.512. The second-order valence-electron chi connectivity index (χ2n) is 3.84. The molecule has 2 nitrogen and oxygen atoms in total. The van der Waals surface area contributed by atoms with Gasteiger partial charge in [-0.25, -0.2) is 4.98 Å². The molecule has 0 radical (unpaired) electrons. The van der Waals surface area contributed by atoms with Crippen LogP contribution in [0, 0.1) is 6.92 Å². The maximum absolute atomic E-state index is 5.98. The molecule has 5 heteroatoms. The van der Waals surface area contributed by atoms with E-state index < -0.39 is 0 Å². The maximum Gasteiger partial charge on any atom is 0.101 e. The number of hydrogen-bond acceptors (Lipinski definition) is 3.